The number of nitrogens with two attached hydrogens (primary N) is 1. The topological polar surface area (TPSA) is 42.1 Å². The molecule has 14 heavy (non-hydrogen) atoms. The minimum Gasteiger partial charge on any atom is -0.384 e. The van der Waals surface area contributed by atoms with Crippen molar-refractivity contribution in [2.75, 3.05) is 12.3 Å². The summed E-state index contributed by atoms with van der Waals surface area (Å²) in [5.41, 5.74) is 6.76. The van der Waals surface area contributed by atoms with Gasteiger partial charge in [-0.25, -0.2) is 4.98 Å². The fourth-order valence-corrected chi connectivity index (χ4v) is 2.48. The highest BCUT2D eigenvalue weighted by atomic mass is 15.2. The van der Waals surface area contributed by atoms with Crippen molar-refractivity contribution >= 4 is 5.82 Å². The molecule has 1 saturated carbocycles. The average Bonchev–Trinajstić information content (AvgIpc) is 2.84. The van der Waals surface area contributed by atoms with E-state index in [4.69, 9.17) is 5.73 Å². The van der Waals surface area contributed by atoms with Gasteiger partial charge in [0.1, 0.15) is 5.82 Å². The van der Waals surface area contributed by atoms with Gasteiger partial charge in [-0.2, -0.15) is 0 Å². The number of nitrogens with zero attached hydrogens (tertiary/aromatic N) is 2. The van der Waals surface area contributed by atoms with E-state index in [9.17, 15) is 0 Å². The molecule has 0 bridgehead atoms. The van der Waals surface area contributed by atoms with E-state index in [1.807, 2.05) is 12.1 Å². The molecule has 1 aromatic heterocycles. The van der Waals surface area contributed by atoms with Gasteiger partial charge < -0.3 is 5.73 Å². The number of fused-ring (bicyclic) bond motifs is 1. The van der Waals surface area contributed by atoms with Crippen LogP contribution in [0.1, 0.15) is 18.5 Å². The van der Waals surface area contributed by atoms with Gasteiger partial charge in [0.25, 0.3) is 0 Å². The summed E-state index contributed by atoms with van der Waals surface area (Å²) in [7, 11) is 0. The van der Waals surface area contributed by atoms with Gasteiger partial charge in [-0.15, -0.1) is 0 Å². The maximum absolute atomic E-state index is 5.65. The van der Waals surface area contributed by atoms with Crippen molar-refractivity contribution in [2.24, 2.45) is 5.92 Å². The summed E-state index contributed by atoms with van der Waals surface area (Å²) in [6.07, 6.45) is 2.79. The average molecular weight is 189 g/mol. The van der Waals surface area contributed by atoms with Crippen LogP contribution in [0.4, 0.5) is 5.82 Å². The van der Waals surface area contributed by atoms with Crippen LogP contribution >= 0.6 is 0 Å². The largest absolute Gasteiger partial charge is 0.384 e. The van der Waals surface area contributed by atoms with E-state index in [1.54, 1.807) is 0 Å². The van der Waals surface area contributed by atoms with Crippen LogP contribution < -0.4 is 5.73 Å². The summed E-state index contributed by atoms with van der Waals surface area (Å²) < 4.78 is 0. The van der Waals surface area contributed by atoms with Gasteiger partial charge in [-0.05, 0) is 37.4 Å². The zero-order chi connectivity index (χ0) is 9.54. The number of anilines is 1. The molecular weight excluding hydrogens is 174 g/mol. The lowest BCUT2D eigenvalue weighted by atomic mass is 10.3. The molecule has 0 radical (unpaired) electrons. The lowest BCUT2D eigenvalue weighted by Gasteiger charge is -2.16. The number of likely N-dealkylation sites (tertiary alicyclic amines) is 1. The number of piperidine rings is 1. The summed E-state index contributed by atoms with van der Waals surface area (Å²) in [5.74, 6) is 1.63. The van der Waals surface area contributed by atoms with Crippen molar-refractivity contribution < 1.29 is 0 Å². The zero-order valence-corrected chi connectivity index (χ0v) is 8.19. The minimum absolute atomic E-state index is 0.633. The molecule has 2 fully saturated rings. The van der Waals surface area contributed by atoms with Gasteiger partial charge in [-0.1, -0.05) is 6.07 Å². The molecule has 0 aromatic carbocycles. The second-order valence-corrected chi connectivity index (χ2v) is 4.38. The maximum Gasteiger partial charge on any atom is 0.123 e. The second kappa shape index (κ2) is 2.95. The van der Waals surface area contributed by atoms with Gasteiger partial charge in [0.15, 0.2) is 0 Å². The molecular formula is C11H15N3. The molecule has 3 nitrogen and oxygen atoms in total. The first kappa shape index (κ1) is 8.24. The third kappa shape index (κ3) is 1.38. The number of rotatable bonds is 2. The van der Waals surface area contributed by atoms with Crippen molar-refractivity contribution in [1.82, 2.24) is 9.88 Å². The Kier molecular flexibility index (Phi) is 1.74. The Bertz CT molecular complexity index is 350. The predicted octanol–water partition coefficient (Wildman–Crippen LogP) is 1.26. The fraction of sp³-hybridized carbons (Fsp3) is 0.545. The van der Waals surface area contributed by atoms with Crippen molar-refractivity contribution in [1.29, 1.82) is 0 Å². The lowest BCUT2D eigenvalue weighted by molar-refractivity contribution is 0.288. The molecule has 2 unspecified atom stereocenters. The Morgan fingerprint density at radius 1 is 1.50 bits per heavy atom. The molecule has 1 saturated heterocycles. The van der Waals surface area contributed by atoms with Crippen LogP contribution in [0.25, 0.3) is 0 Å². The standard InChI is InChI=1S/C11H15N3/c12-11-3-1-2-9(13-11)7-14-5-4-8-6-10(8)14/h1-3,8,10H,4-7H2,(H2,12,13). The predicted molar refractivity (Wildman–Crippen MR) is 55.6 cm³/mol. The van der Waals surface area contributed by atoms with Crippen molar-refractivity contribution in [3.05, 3.63) is 23.9 Å². The summed E-state index contributed by atoms with van der Waals surface area (Å²) in [5, 5.41) is 0. The summed E-state index contributed by atoms with van der Waals surface area (Å²) >= 11 is 0. The molecule has 74 valence electrons. The molecule has 3 rings (SSSR count). The van der Waals surface area contributed by atoms with Crippen LogP contribution in [0.3, 0.4) is 0 Å². The van der Waals surface area contributed by atoms with Crippen molar-refractivity contribution in [3.8, 4) is 0 Å². The summed E-state index contributed by atoms with van der Waals surface area (Å²) in [6.45, 7) is 2.22. The fourth-order valence-electron chi connectivity index (χ4n) is 2.48. The van der Waals surface area contributed by atoms with E-state index in [1.165, 1.54) is 19.4 Å². The molecule has 2 N–H and O–H groups in total. The quantitative estimate of drug-likeness (QED) is 0.761. The monoisotopic (exact) mass is 189 g/mol. The molecule has 2 atom stereocenters. The summed E-state index contributed by atoms with van der Waals surface area (Å²) in [6, 6.07) is 6.75. The van der Waals surface area contributed by atoms with Gasteiger partial charge in [0.05, 0.1) is 5.69 Å². The first-order valence-corrected chi connectivity index (χ1v) is 5.28. The number of pyridine rings is 1. The number of aromatic nitrogens is 1. The normalized spacial score (nSPS) is 30.3. The summed E-state index contributed by atoms with van der Waals surface area (Å²) in [4.78, 5) is 6.86. The molecule has 3 heteroatoms. The van der Waals surface area contributed by atoms with E-state index in [0.29, 0.717) is 5.82 Å². The second-order valence-electron chi connectivity index (χ2n) is 4.38. The van der Waals surface area contributed by atoms with Crippen molar-refractivity contribution in [3.63, 3.8) is 0 Å². The highest BCUT2D eigenvalue weighted by Gasteiger charge is 2.46. The Balaban J connectivity index is 1.71. The molecule has 0 spiro atoms. The lowest BCUT2D eigenvalue weighted by Crippen LogP contribution is -2.23. The number of hydrogen-bond acceptors (Lipinski definition) is 3. The van der Waals surface area contributed by atoms with E-state index in [2.05, 4.69) is 16.0 Å². The molecule has 2 aliphatic rings. The van der Waals surface area contributed by atoms with Crippen LogP contribution in [0.2, 0.25) is 0 Å². The Morgan fingerprint density at radius 2 is 2.43 bits per heavy atom. The first-order chi connectivity index (χ1) is 6.83. The molecule has 1 aliphatic heterocycles. The third-order valence-corrected chi connectivity index (χ3v) is 3.33. The van der Waals surface area contributed by atoms with E-state index >= 15 is 0 Å². The third-order valence-electron chi connectivity index (χ3n) is 3.33. The molecule has 2 heterocycles. The van der Waals surface area contributed by atoms with Crippen molar-refractivity contribution in [2.45, 2.75) is 25.4 Å². The van der Waals surface area contributed by atoms with E-state index in [-0.39, 0.29) is 0 Å². The van der Waals surface area contributed by atoms with Crippen LogP contribution in [0.15, 0.2) is 18.2 Å². The number of hydrogen-bond donors (Lipinski definition) is 1. The Hall–Kier alpha value is -1.09. The van der Waals surface area contributed by atoms with Crippen LogP contribution in [0, 0.1) is 5.92 Å². The number of nitrogen functional groups attached to an aromatic ring is 1. The van der Waals surface area contributed by atoms with Crippen LogP contribution in [0.5, 0.6) is 0 Å². The Morgan fingerprint density at radius 3 is 3.07 bits per heavy atom. The van der Waals surface area contributed by atoms with Gasteiger partial charge in [0.2, 0.25) is 0 Å². The smallest absolute Gasteiger partial charge is 0.123 e. The maximum atomic E-state index is 5.65. The minimum atomic E-state index is 0.633. The van der Waals surface area contributed by atoms with E-state index < -0.39 is 0 Å². The SMILES string of the molecule is Nc1cccc(CN2CCC3CC32)n1. The Labute approximate surface area is 83.9 Å². The van der Waals surface area contributed by atoms with Crippen LogP contribution in [-0.2, 0) is 6.54 Å². The highest BCUT2D eigenvalue weighted by molar-refractivity contribution is 5.28. The van der Waals surface area contributed by atoms with Gasteiger partial charge >= 0.3 is 0 Å². The van der Waals surface area contributed by atoms with Gasteiger partial charge in [0, 0.05) is 12.6 Å². The zero-order valence-electron chi connectivity index (χ0n) is 8.19. The molecule has 1 aliphatic carbocycles. The van der Waals surface area contributed by atoms with E-state index in [0.717, 1.165) is 24.2 Å². The highest BCUT2D eigenvalue weighted by Crippen LogP contribution is 2.44. The van der Waals surface area contributed by atoms with Crippen LogP contribution in [-0.4, -0.2) is 22.5 Å². The first-order valence-electron chi connectivity index (χ1n) is 5.28. The van der Waals surface area contributed by atoms with Gasteiger partial charge in [-0.3, -0.25) is 4.90 Å². The molecule has 0 amide bonds. The molecule has 1 aromatic rings.